The van der Waals surface area contributed by atoms with Crippen LogP contribution in [0, 0.1) is 0 Å². The van der Waals surface area contributed by atoms with Gasteiger partial charge in [-0.2, -0.15) is 4.98 Å². The molecule has 0 spiro atoms. The number of nitrogen functional groups attached to an aromatic ring is 1. The number of hydrogen-bond acceptors (Lipinski definition) is 11. The Morgan fingerprint density at radius 1 is 1.47 bits per heavy atom. The highest BCUT2D eigenvalue weighted by Crippen LogP contribution is 2.35. The SMILES string of the molecule is NC(N)=NCCCO[C@@H]1[C@H](O)[C@@H](COP(N)O)O[C@H]1n1cnc2c(=O)[nH]c(N)nc21. The van der Waals surface area contributed by atoms with E-state index in [-0.39, 0.29) is 36.3 Å². The number of hydrogen-bond donors (Lipinski definition) is 7. The number of nitrogens with two attached hydrogens (primary N) is 4. The van der Waals surface area contributed by atoms with Gasteiger partial charge < -0.3 is 41.2 Å². The fourth-order valence-electron chi connectivity index (χ4n) is 3.03. The molecule has 0 bridgehead atoms. The predicted molar refractivity (Wildman–Crippen MR) is 107 cm³/mol. The first-order chi connectivity index (χ1) is 14.3. The number of H-pyrrole nitrogens is 1. The van der Waals surface area contributed by atoms with Gasteiger partial charge >= 0.3 is 0 Å². The van der Waals surface area contributed by atoms with Crippen LogP contribution < -0.4 is 28.3 Å². The van der Waals surface area contributed by atoms with Crippen molar-refractivity contribution in [1.29, 1.82) is 0 Å². The van der Waals surface area contributed by atoms with Crippen LogP contribution in [0.3, 0.4) is 0 Å². The molecular formula is C14H24N9O6P. The number of anilines is 1. The number of imidazole rings is 1. The first kappa shape index (κ1) is 22.3. The van der Waals surface area contributed by atoms with Crippen LogP contribution in [0.4, 0.5) is 5.95 Å². The molecule has 15 nitrogen and oxygen atoms in total. The Hall–Kier alpha value is -2.39. The van der Waals surface area contributed by atoms with Crippen LogP contribution in [-0.2, 0) is 14.0 Å². The van der Waals surface area contributed by atoms with E-state index in [1.165, 1.54) is 10.9 Å². The number of nitrogens with one attached hydrogen (secondary N) is 1. The summed E-state index contributed by atoms with van der Waals surface area (Å²) in [6.07, 6.45) is -1.96. The molecule has 166 valence electrons. The maximum Gasteiger partial charge on any atom is 0.280 e. The van der Waals surface area contributed by atoms with Crippen molar-refractivity contribution in [2.45, 2.75) is 31.0 Å². The first-order valence-electron chi connectivity index (χ1n) is 8.87. The van der Waals surface area contributed by atoms with Gasteiger partial charge in [0.1, 0.15) is 18.3 Å². The van der Waals surface area contributed by atoms with Crippen LogP contribution in [0.1, 0.15) is 12.6 Å². The minimum atomic E-state index is -2.13. The summed E-state index contributed by atoms with van der Waals surface area (Å²) in [5.41, 5.74) is 21.2. The standard InChI is InChI=1S/C14H24N9O6P/c15-13(16)19-2-1-3-27-9-8(24)6(4-28-30(18)26)29-12(9)23-5-20-7-10(23)21-14(17)22-11(7)25/h5-6,8-9,12,24,26H,1-4,18H2,(H4,15,16,19)(H3,17,21,22,25)/t6-,8-,9-,12-,30?/m1/s1. The van der Waals surface area contributed by atoms with Gasteiger partial charge in [0.05, 0.1) is 12.9 Å². The summed E-state index contributed by atoms with van der Waals surface area (Å²) in [6, 6.07) is 0. The van der Waals surface area contributed by atoms with Crippen LogP contribution in [0.25, 0.3) is 11.2 Å². The highest BCUT2D eigenvalue weighted by atomic mass is 31.2. The smallest absolute Gasteiger partial charge is 0.280 e. The van der Waals surface area contributed by atoms with Crippen molar-refractivity contribution in [1.82, 2.24) is 19.5 Å². The number of aliphatic imine (C=N–C) groups is 1. The monoisotopic (exact) mass is 445 g/mol. The topological polar surface area (TPSA) is 248 Å². The number of ether oxygens (including phenoxy) is 2. The van der Waals surface area contributed by atoms with Gasteiger partial charge in [-0.25, -0.2) is 4.98 Å². The maximum atomic E-state index is 12.0. The van der Waals surface area contributed by atoms with Gasteiger partial charge in [0.25, 0.3) is 5.56 Å². The van der Waals surface area contributed by atoms with Crippen molar-refractivity contribution in [3.63, 3.8) is 0 Å². The fourth-order valence-corrected chi connectivity index (χ4v) is 3.33. The third-order valence-electron chi connectivity index (χ3n) is 4.32. The average Bonchev–Trinajstić information content (AvgIpc) is 3.21. The van der Waals surface area contributed by atoms with E-state index in [1.54, 1.807) is 0 Å². The Labute approximate surface area is 171 Å². The van der Waals surface area contributed by atoms with Crippen molar-refractivity contribution < 1.29 is 24.0 Å². The lowest BCUT2D eigenvalue weighted by Crippen LogP contribution is -2.36. The second-order valence-electron chi connectivity index (χ2n) is 6.42. The molecule has 1 aliphatic rings. The van der Waals surface area contributed by atoms with Gasteiger partial charge in [-0.05, 0) is 6.42 Å². The van der Waals surface area contributed by atoms with E-state index in [0.717, 1.165) is 0 Å². The number of aromatic nitrogens is 4. The molecule has 0 amide bonds. The second kappa shape index (κ2) is 9.61. The van der Waals surface area contributed by atoms with E-state index in [1.807, 2.05) is 0 Å². The largest absolute Gasteiger partial charge is 0.387 e. The van der Waals surface area contributed by atoms with Crippen LogP contribution >= 0.6 is 8.53 Å². The molecule has 0 saturated carbocycles. The van der Waals surface area contributed by atoms with E-state index >= 15 is 0 Å². The molecule has 0 aliphatic carbocycles. The van der Waals surface area contributed by atoms with Gasteiger partial charge in [-0.3, -0.25) is 24.8 Å². The highest BCUT2D eigenvalue weighted by molar-refractivity contribution is 7.43. The van der Waals surface area contributed by atoms with Gasteiger partial charge in [0, 0.05) is 13.2 Å². The quantitative estimate of drug-likeness (QED) is 0.0895. The van der Waals surface area contributed by atoms with Gasteiger partial charge in [-0.15, -0.1) is 0 Å². The number of fused-ring (bicyclic) bond motifs is 1. The highest BCUT2D eigenvalue weighted by Gasteiger charge is 2.46. The molecule has 3 rings (SSSR count). The summed E-state index contributed by atoms with van der Waals surface area (Å²) in [6.45, 7) is 0.373. The van der Waals surface area contributed by atoms with Crippen molar-refractivity contribution in [2.75, 3.05) is 25.5 Å². The molecule has 1 unspecified atom stereocenters. The zero-order valence-corrected chi connectivity index (χ0v) is 16.7. The Balaban J connectivity index is 1.83. The van der Waals surface area contributed by atoms with E-state index in [0.29, 0.717) is 13.0 Å². The molecule has 1 saturated heterocycles. The molecule has 2 aromatic rings. The Morgan fingerprint density at radius 2 is 2.23 bits per heavy atom. The number of aliphatic hydroxyl groups excluding tert-OH is 1. The molecule has 2 aromatic heterocycles. The molecule has 0 aromatic carbocycles. The van der Waals surface area contributed by atoms with Crippen molar-refractivity contribution in [3.05, 3.63) is 16.7 Å². The molecule has 16 heteroatoms. The molecule has 11 N–H and O–H groups in total. The van der Waals surface area contributed by atoms with Crippen LogP contribution in [0.5, 0.6) is 0 Å². The van der Waals surface area contributed by atoms with E-state index in [9.17, 15) is 14.8 Å². The van der Waals surface area contributed by atoms with Crippen LogP contribution in [0.2, 0.25) is 0 Å². The summed E-state index contributed by atoms with van der Waals surface area (Å²) in [5, 5.41) is 10.7. The van der Waals surface area contributed by atoms with E-state index in [4.69, 9.17) is 36.7 Å². The normalized spacial score (nSPS) is 24.9. The van der Waals surface area contributed by atoms with Gasteiger partial charge in [0.2, 0.25) is 14.5 Å². The molecule has 1 fully saturated rings. The zero-order valence-electron chi connectivity index (χ0n) is 15.8. The van der Waals surface area contributed by atoms with Crippen molar-refractivity contribution in [2.24, 2.45) is 22.0 Å². The fraction of sp³-hybridized carbons (Fsp3) is 0.571. The van der Waals surface area contributed by atoms with E-state index < -0.39 is 38.6 Å². The lowest BCUT2D eigenvalue weighted by Gasteiger charge is -2.22. The summed E-state index contributed by atoms with van der Waals surface area (Å²) in [5.74, 6) is -0.133. The third-order valence-corrected chi connectivity index (χ3v) is 4.73. The Morgan fingerprint density at radius 3 is 2.93 bits per heavy atom. The molecule has 3 heterocycles. The molecule has 1 aliphatic heterocycles. The molecule has 30 heavy (non-hydrogen) atoms. The third kappa shape index (κ3) is 5.02. The summed E-state index contributed by atoms with van der Waals surface area (Å²) in [4.78, 5) is 35.6. The minimum Gasteiger partial charge on any atom is -0.387 e. The van der Waals surface area contributed by atoms with Gasteiger partial charge in [-0.1, -0.05) is 0 Å². The zero-order chi connectivity index (χ0) is 21.8. The van der Waals surface area contributed by atoms with Gasteiger partial charge in [0.15, 0.2) is 23.4 Å². The molecule has 5 atom stereocenters. The molecule has 0 radical (unpaired) electrons. The first-order valence-corrected chi connectivity index (χ1v) is 10.2. The lowest BCUT2D eigenvalue weighted by molar-refractivity contribution is -0.0695. The van der Waals surface area contributed by atoms with Crippen LogP contribution in [-0.4, -0.2) is 73.5 Å². The number of guanidine groups is 1. The number of aliphatic hydroxyl groups is 1. The lowest BCUT2D eigenvalue weighted by atomic mass is 10.1. The Bertz CT molecular complexity index is 946. The maximum absolute atomic E-state index is 12.0. The summed E-state index contributed by atoms with van der Waals surface area (Å²) < 4.78 is 18.1. The van der Waals surface area contributed by atoms with E-state index in [2.05, 4.69) is 19.9 Å². The average molecular weight is 445 g/mol. The summed E-state index contributed by atoms with van der Waals surface area (Å²) >= 11 is 0. The van der Waals surface area contributed by atoms with Crippen molar-refractivity contribution in [3.8, 4) is 0 Å². The second-order valence-corrected chi connectivity index (χ2v) is 7.29. The summed E-state index contributed by atoms with van der Waals surface area (Å²) in [7, 11) is -2.13. The number of aromatic amines is 1. The van der Waals surface area contributed by atoms with Crippen LogP contribution in [0.15, 0.2) is 16.1 Å². The number of rotatable bonds is 9. The minimum absolute atomic E-state index is 0.0321. The van der Waals surface area contributed by atoms with Crippen molar-refractivity contribution >= 4 is 31.6 Å². The Kier molecular flexibility index (Phi) is 7.14. The number of nitrogens with zero attached hydrogens (tertiary/aromatic N) is 4. The predicted octanol–water partition coefficient (Wildman–Crippen LogP) is -2.80. The molecular weight excluding hydrogens is 421 g/mol.